The Hall–Kier alpha value is -1.38. The molecular formula is C34H66NO7. The Bertz CT molecular complexity index is 582. The average molecular weight is 601 g/mol. The number of carbonyl (C=O) groups excluding carboxylic acids is 2. The van der Waals surface area contributed by atoms with E-state index >= 15 is 0 Å². The molecule has 0 spiro atoms. The van der Waals surface area contributed by atoms with Crippen LogP contribution >= 0.6 is 0 Å². The summed E-state index contributed by atoms with van der Waals surface area (Å²) in [4.78, 5) is 26.2. The second kappa shape index (κ2) is 31.1. The molecule has 0 aliphatic carbocycles. The monoisotopic (exact) mass is 600 g/mol. The molecule has 0 aliphatic heterocycles. The van der Waals surface area contributed by atoms with Gasteiger partial charge < -0.3 is 28.6 Å². The number of hydrogen-bond acceptors (Lipinski definition) is 8. The third-order valence-corrected chi connectivity index (χ3v) is 7.32. The van der Waals surface area contributed by atoms with Gasteiger partial charge >= 0.3 is 12.1 Å². The van der Waals surface area contributed by atoms with Crippen molar-refractivity contribution in [2.75, 3.05) is 52.7 Å². The molecule has 1 atom stereocenters. The molecule has 0 aliphatic rings. The van der Waals surface area contributed by atoms with Crippen LogP contribution in [0, 0.1) is 12.8 Å². The summed E-state index contributed by atoms with van der Waals surface area (Å²) in [5.41, 5.74) is 0. The number of esters is 1. The molecule has 0 heterocycles. The first kappa shape index (κ1) is 40.6. The van der Waals surface area contributed by atoms with Gasteiger partial charge in [0.2, 0.25) is 0 Å². The van der Waals surface area contributed by atoms with Crippen LogP contribution in [0.1, 0.15) is 137 Å². The van der Waals surface area contributed by atoms with Crippen LogP contribution in [-0.2, 0) is 28.5 Å². The van der Waals surface area contributed by atoms with Crippen LogP contribution in [0.2, 0.25) is 0 Å². The topological polar surface area (TPSA) is 83.5 Å². The predicted molar refractivity (Wildman–Crippen MR) is 170 cm³/mol. The summed E-state index contributed by atoms with van der Waals surface area (Å²) < 4.78 is 27.7. The first-order valence-corrected chi connectivity index (χ1v) is 17.2. The van der Waals surface area contributed by atoms with Gasteiger partial charge in [-0.3, -0.25) is 4.79 Å². The highest BCUT2D eigenvalue weighted by Crippen LogP contribution is 2.13. The second-order valence-electron chi connectivity index (χ2n) is 11.3. The lowest BCUT2D eigenvalue weighted by molar-refractivity contribution is -0.150. The zero-order valence-electron chi connectivity index (χ0n) is 27.8. The Morgan fingerprint density at radius 2 is 1.17 bits per heavy atom. The third kappa shape index (κ3) is 27.5. The molecule has 0 amide bonds. The lowest BCUT2D eigenvalue weighted by Gasteiger charge is -2.19. The van der Waals surface area contributed by atoms with Crippen molar-refractivity contribution in [2.45, 2.75) is 143 Å². The highest BCUT2D eigenvalue weighted by molar-refractivity contribution is 5.69. The molecule has 42 heavy (non-hydrogen) atoms. The van der Waals surface area contributed by atoms with Gasteiger partial charge in [0.05, 0.1) is 13.2 Å². The minimum absolute atomic E-state index is 0.0513. The van der Waals surface area contributed by atoms with Gasteiger partial charge in [0, 0.05) is 32.1 Å². The van der Waals surface area contributed by atoms with E-state index < -0.39 is 6.16 Å². The molecule has 0 aromatic carbocycles. The van der Waals surface area contributed by atoms with E-state index in [1.165, 1.54) is 64.2 Å². The van der Waals surface area contributed by atoms with Gasteiger partial charge in [-0.25, -0.2) is 4.79 Å². The minimum Gasteiger partial charge on any atom is -0.465 e. The fourth-order valence-corrected chi connectivity index (χ4v) is 4.53. The fourth-order valence-electron chi connectivity index (χ4n) is 4.53. The van der Waals surface area contributed by atoms with E-state index in [9.17, 15) is 9.59 Å². The maximum atomic E-state index is 12.2. The van der Waals surface area contributed by atoms with Crippen LogP contribution in [0.5, 0.6) is 0 Å². The molecule has 0 aromatic heterocycles. The summed E-state index contributed by atoms with van der Waals surface area (Å²) in [7, 11) is 0. The standard InChI is InChI=1S/C34H66NO7/c1-6-10-12-14-16-20-26-38-33(39-27-21-17-15-13-11-7-2)24-19-18-23-32(36)41-29-31(5)30-42-34(37)40-28-22-25-35(8-3)9-4/h31,33H,5-30H2,1-4H3. The maximum absolute atomic E-state index is 12.2. The Kier molecular flexibility index (Phi) is 30.0. The number of nitrogens with zero attached hydrogens (tertiary/aromatic N) is 1. The average Bonchev–Trinajstić information content (AvgIpc) is 2.99. The first-order valence-electron chi connectivity index (χ1n) is 17.2. The lowest BCUT2D eigenvalue weighted by Crippen LogP contribution is -2.25. The zero-order chi connectivity index (χ0) is 31.1. The number of ether oxygens (including phenoxy) is 5. The number of unbranched alkanes of at least 4 members (excludes halogenated alkanes) is 11. The van der Waals surface area contributed by atoms with Crippen molar-refractivity contribution in [3.8, 4) is 0 Å². The third-order valence-electron chi connectivity index (χ3n) is 7.32. The molecule has 0 fully saturated rings. The quantitative estimate of drug-likeness (QED) is 0.0445. The van der Waals surface area contributed by atoms with E-state index in [4.69, 9.17) is 23.7 Å². The van der Waals surface area contributed by atoms with Gasteiger partial charge in [-0.1, -0.05) is 91.9 Å². The van der Waals surface area contributed by atoms with Crippen LogP contribution in [0.25, 0.3) is 0 Å². The molecule has 8 nitrogen and oxygen atoms in total. The molecule has 249 valence electrons. The van der Waals surface area contributed by atoms with Crippen molar-refractivity contribution in [3.63, 3.8) is 0 Å². The lowest BCUT2D eigenvalue weighted by atomic mass is 10.1. The molecule has 0 saturated heterocycles. The Morgan fingerprint density at radius 1 is 0.619 bits per heavy atom. The van der Waals surface area contributed by atoms with Crippen molar-refractivity contribution >= 4 is 12.1 Å². The minimum atomic E-state index is -0.707. The zero-order valence-corrected chi connectivity index (χ0v) is 27.8. The van der Waals surface area contributed by atoms with E-state index in [0.29, 0.717) is 19.4 Å². The summed E-state index contributed by atoms with van der Waals surface area (Å²) in [6.07, 6.45) is 17.3. The summed E-state index contributed by atoms with van der Waals surface area (Å²) in [5.74, 6) is -0.604. The molecule has 0 bridgehead atoms. The summed E-state index contributed by atoms with van der Waals surface area (Å²) >= 11 is 0. The van der Waals surface area contributed by atoms with Gasteiger partial charge in [-0.2, -0.15) is 0 Å². The normalized spacial score (nSPS) is 12.2. The van der Waals surface area contributed by atoms with Crippen molar-refractivity contribution in [2.24, 2.45) is 5.92 Å². The molecule has 0 aromatic rings. The molecular weight excluding hydrogens is 534 g/mol. The van der Waals surface area contributed by atoms with E-state index in [2.05, 4.69) is 39.5 Å². The Morgan fingerprint density at radius 3 is 1.74 bits per heavy atom. The summed E-state index contributed by atoms with van der Waals surface area (Å²) in [6.45, 7) is 17.4. The number of rotatable bonds is 31. The van der Waals surface area contributed by atoms with Crippen LogP contribution in [0.3, 0.4) is 0 Å². The Balaban J connectivity index is 4.08. The number of hydrogen-bond donors (Lipinski definition) is 0. The van der Waals surface area contributed by atoms with Crippen molar-refractivity contribution in [3.05, 3.63) is 6.92 Å². The van der Waals surface area contributed by atoms with Gasteiger partial charge in [0.15, 0.2) is 6.29 Å². The van der Waals surface area contributed by atoms with Crippen LogP contribution in [0.4, 0.5) is 4.79 Å². The molecule has 0 rings (SSSR count). The van der Waals surface area contributed by atoms with Crippen LogP contribution in [-0.4, -0.2) is 76.0 Å². The Labute approximate surface area is 258 Å². The second-order valence-corrected chi connectivity index (χ2v) is 11.3. The van der Waals surface area contributed by atoms with Gasteiger partial charge in [0.1, 0.15) is 6.61 Å². The van der Waals surface area contributed by atoms with Crippen LogP contribution < -0.4 is 0 Å². The summed E-state index contributed by atoms with van der Waals surface area (Å²) in [6, 6.07) is 0. The number of carbonyl (C=O) groups is 2. The molecule has 8 heteroatoms. The van der Waals surface area contributed by atoms with E-state index in [0.717, 1.165) is 65.0 Å². The fraction of sp³-hybridized carbons (Fsp3) is 0.912. The first-order chi connectivity index (χ1) is 20.5. The van der Waals surface area contributed by atoms with E-state index in [1.807, 2.05) is 0 Å². The van der Waals surface area contributed by atoms with Crippen LogP contribution in [0.15, 0.2) is 0 Å². The molecule has 1 unspecified atom stereocenters. The smallest absolute Gasteiger partial charge is 0.465 e. The highest BCUT2D eigenvalue weighted by Gasteiger charge is 2.13. The van der Waals surface area contributed by atoms with Gasteiger partial charge in [-0.15, -0.1) is 0 Å². The SMILES string of the molecule is [CH2]C(COC(=O)CCCCC(OCCCCCCCC)OCCCCCCCC)COC(=O)OCCCN(CC)CC. The van der Waals surface area contributed by atoms with Crippen molar-refractivity contribution in [1.29, 1.82) is 0 Å². The summed E-state index contributed by atoms with van der Waals surface area (Å²) in [5, 5.41) is 0. The maximum Gasteiger partial charge on any atom is 0.508 e. The van der Waals surface area contributed by atoms with Gasteiger partial charge in [-0.05, 0) is 58.5 Å². The van der Waals surface area contributed by atoms with Crippen molar-refractivity contribution in [1.82, 2.24) is 4.90 Å². The molecule has 0 N–H and O–H groups in total. The molecule has 1 radical (unpaired) electrons. The van der Waals surface area contributed by atoms with Crippen molar-refractivity contribution < 1.29 is 33.3 Å². The van der Waals surface area contributed by atoms with E-state index in [1.54, 1.807) is 0 Å². The highest BCUT2D eigenvalue weighted by atomic mass is 16.7. The predicted octanol–water partition coefficient (Wildman–Crippen LogP) is 8.51. The molecule has 0 saturated carbocycles. The van der Waals surface area contributed by atoms with E-state index in [-0.39, 0.29) is 31.4 Å². The van der Waals surface area contributed by atoms with Gasteiger partial charge in [0.25, 0.3) is 0 Å². The largest absolute Gasteiger partial charge is 0.508 e.